The van der Waals surface area contributed by atoms with Gasteiger partial charge in [-0.1, -0.05) is 0 Å². The number of rotatable bonds is 8. The summed E-state index contributed by atoms with van der Waals surface area (Å²) >= 11 is 0. The van der Waals surface area contributed by atoms with Gasteiger partial charge < -0.3 is 24.3 Å². The zero-order valence-corrected chi connectivity index (χ0v) is 17.9. The summed E-state index contributed by atoms with van der Waals surface area (Å²) in [6.45, 7) is 1.43. The van der Waals surface area contributed by atoms with Gasteiger partial charge in [0.05, 0.1) is 5.41 Å². The molecule has 1 aromatic heterocycles. The first kappa shape index (κ1) is 24.1. The largest absolute Gasteiger partial charge is 0.490 e. The predicted molar refractivity (Wildman–Crippen MR) is 96.0 cm³/mol. The molecule has 16 nitrogen and oxygen atoms in total. The highest BCUT2D eigenvalue weighted by Gasteiger charge is 2.73. The van der Waals surface area contributed by atoms with Crippen LogP contribution in [0.25, 0.3) is 0 Å². The van der Waals surface area contributed by atoms with Crippen LogP contribution < -0.4 is 11.2 Å². The van der Waals surface area contributed by atoms with Crippen LogP contribution in [0.3, 0.4) is 0 Å². The van der Waals surface area contributed by atoms with Crippen LogP contribution in [-0.4, -0.2) is 47.3 Å². The third-order valence-corrected chi connectivity index (χ3v) is 8.32. The molecule has 1 saturated carbocycles. The van der Waals surface area contributed by atoms with Crippen LogP contribution in [0.15, 0.2) is 21.9 Å². The smallest absolute Gasteiger partial charge is 0.351 e. The minimum atomic E-state index is -5.72. The molecule has 0 radical (unpaired) electrons. The molecule has 0 spiro atoms. The summed E-state index contributed by atoms with van der Waals surface area (Å²) in [5.41, 5.74) is -2.61. The van der Waals surface area contributed by atoms with Crippen molar-refractivity contribution in [3.8, 4) is 0 Å². The fourth-order valence-electron chi connectivity index (χ4n) is 3.23. The molecule has 5 N–H and O–H groups in total. The summed E-state index contributed by atoms with van der Waals surface area (Å²) in [7, 11) is -16.7. The molecule has 2 fully saturated rings. The number of ether oxygens (including phenoxy) is 1. The predicted octanol–water partition coefficient (Wildman–Crippen LogP) is -0.768. The lowest BCUT2D eigenvalue weighted by molar-refractivity contribution is -0.0122. The number of aromatic nitrogens is 2. The lowest BCUT2D eigenvalue weighted by Crippen LogP contribution is -2.34. The van der Waals surface area contributed by atoms with E-state index in [1.165, 1.54) is 19.1 Å². The Balaban J connectivity index is 1.77. The average Bonchev–Trinajstić information content (AvgIpc) is 2.93. The number of carbonyl (C=O) groups excluding carboxylic acids is 1. The monoisotopic (exact) mass is 504 g/mol. The minimum Gasteiger partial charge on any atom is -0.351 e. The maximum atomic E-state index is 12.0. The van der Waals surface area contributed by atoms with E-state index < -0.39 is 58.6 Å². The van der Waals surface area contributed by atoms with Crippen molar-refractivity contribution in [3.05, 3.63) is 38.7 Å². The molecule has 31 heavy (non-hydrogen) atoms. The van der Waals surface area contributed by atoms with Gasteiger partial charge in [0.2, 0.25) is 0 Å². The molecule has 172 valence electrons. The Labute approximate surface area is 171 Å². The molecule has 0 amide bonds. The molecule has 19 heteroatoms. The normalized spacial score (nSPS) is 31.2. The number of nitrogens with one attached hydrogen (secondary N) is 1. The first-order valence-corrected chi connectivity index (χ1v) is 12.6. The Kier molecular flexibility index (Phi) is 6.09. The number of aryl methyl sites for hydroxylation is 1. The summed E-state index contributed by atoms with van der Waals surface area (Å²) in [5, 5.41) is 0. The molecule has 0 bridgehead atoms. The van der Waals surface area contributed by atoms with E-state index in [2.05, 4.69) is 13.6 Å². The van der Waals surface area contributed by atoms with E-state index in [9.17, 15) is 37.9 Å². The van der Waals surface area contributed by atoms with Crippen LogP contribution in [-0.2, 0) is 36.4 Å². The van der Waals surface area contributed by atoms with Crippen molar-refractivity contribution in [3.63, 3.8) is 0 Å². The van der Waals surface area contributed by atoms with Crippen LogP contribution in [0.5, 0.6) is 0 Å². The Bertz CT molecular complexity index is 1210. The maximum Gasteiger partial charge on any atom is 0.490 e. The Hall–Kier alpha value is -1.50. The van der Waals surface area contributed by atoms with E-state index >= 15 is 0 Å². The molecule has 1 aliphatic heterocycles. The van der Waals surface area contributed by atoms with Crippen molar-refractivity contribution in [2.45, 2.75) is 31.8 Å². The molecule has 1 aromatic rings. The van der Waals surface area contributed by atoms with Crippen molar-refractivity contribution in [2.75, 3.05) is 0 Å². The van der Waals surface area contributed by atoms with E-state index in [1.54, 1.807) is 0 Å². The highest BCUT2D eigenvalue weighted by atomic mass is 31.3. The van der Waals surface area contributed by atoms with Gasteiger partial charge in [0.1, 0.15) is 24.4 Å². The van der Waals surface area contributed by atoms with E-state index in [0.29, 0.717) is 0 Å². The van der Waals surface area contributed by atoms with Crippen molar-refractivity contribution in [2.24, 2.45) is 5.41 Å². The van der Waals surface area contributed by atoms with Gasteiger partial charge in [-0.25, -0.2) is 23.3 Å². The molecule has 6 unspecified atom stereocenters. The molecule has 3 rings (SSSR count). The number of H-pyrrole nitrogens is 1. The first-order chi connectivity index (χ1) is 14.1. The number of hydrogen-bond donors (Lipinski definition) is 5. The molecule has 0 aromatic carbocycles. The maximum absolute atomic E-state index is 12.0. The number of phosphoric ester groups is 1. The second-order valence-corrected chi connectivity index (χ2v) is 11.1. The Morgan fingerprint density at radius 1 is 1.23 bits per heavy atom. The third kappa shape index (κ3) is 5.12. The van der Waals surface area contributed by atoms with Gasteiger partial charge in [-0.15, -0.1) is 0 Å². The van der Waals surface area contributed by atoms with Gasteiger partial charge in [0, 0.05) is 24.3 Å². The van der Waals surface area contributed by atoms with Gasteiger partial charge in [0.15, 0.2) is 0 Å². The SMILES string of the molecule is Cc1cn(C2CC3(C=C=O)C(O2)C3OP(=O)(O)OP(=O)(O)OP(=O)(O)O)c(=O)[nH]c1=O. The molecule has 1 saturated heterocycles. The van der Waals surface area contributed by atoms with Gasteiger partial charge >= 0.3 is 29.2 Å². The lowest BCUT2D eigenvalue weighted by Gasteiger charge is -2.21. The third-order valence-electron chi connectivity index (χ3n) is 4.50. The zero-order chi connectivity index (χ0) is 23.4. The van der Waals surface area contributed by atoms with E-state index in [1.807, 2.05) is 0 Å². The molecular weight excluding hydrogens is 489 g/mol. The summed E-state index contributed by atoms with van der Waals surface area (Å²) in [6.07, 6.45) is -1.50. The van der Waals surface area contributed by atoms with Crippen molar-refractivity contribution in [1.82, 2.24) is 9.55 Å². The lowest BCUT2D eigenvalue weighted by atomic mass is 10.0. The van der Waals surface area contributed by atoms with Crippen LogP contribution >= 0.6 is 23.5 Å². The number of hydrogen-bond acceptors (Lipinski definition) is 10. The van der Waals surface area contributed by atoms with Crippen molar-refractivity contribution >= 4 is 29.4 Å². The van der Waals surface area contributed by atoms with Gasteiger partial charge in [0.25, 0.3) is 5.56 Å². The van der Waals surface area contributed by atoms with Gasteiger partial charge in [-0.05, 0) is 6.92 Å². The molecule has 1 aliphatic carbocycles. The van der Waals surface area contributed by atoms with Gasteiger partial charge in [-0.2, -0.15) is 8.62 Å². The van der Waals surface area contributed by atoms with E-state index in [-0.39, 0.29) is 12.0 Å². The van der Waals surface area contributed by atoms with E-state index in [4.69, 9.17) is 19.0 Å². The fourth-order valence-corrected chi connectivity index (χ4v) is 6.48. The average molecular weight is 504 g/mol. The summed E-state index contributed by atoms with van der Waals surface area (Å²) in [4.78, 5) is 72.4. The first-order valence-electron chi connectivity index (χ1n) is 8.11. The van der Waals surface area contributed by atoms with Crippen LogP contribution in [0.2, 0.25) is 0 Å². The van der Waals surface area contributed by atoms with Crippen molar-refractivity contribution in [1.29, 1.82) is 0 Å². The second kappa shape index (κ2) is 7.82. The molecular formula is C12H15N2O14P3. The van der Waals surface area contributed by atoms with Crippen molar-refractivity contribution < 1.29 is 55.9 Å². The zero-order valence-electron chi connectivity index (χ0n) is 15.3. The fraction of sp³-hybridized carbons (Fsp3) is 0.500. The van der Waals surface area contributed by atoms with E-state index in [0.717, 1.165) is 10.6 Å². The minimum absolute atomic E-state index is 0.154. The van der Waals surface area contributed by atoms with Gasteiger partial charge in [-0.3, -0.25) is 18.9 Å². The number of fused-ring (bicyclic) bond motifs is 1. The summed E-state index contributed by atoms with van der Waals surface area (Å²) < 4.78 is 52.7. The molecule has 2 aliphatic rings. The number of nitrogens with zero attached hydrogens (tertiary/aromatic N) is 1. The van der Waals surface area contributed by atoms with Crippen LogP contribution in [0, 0.1) is 12.3 Å². The standard InChI is InChI=1S/C12H15N2O14P3/c1-6-5-14(11(17)13-10(6)16)7-4-12(2-3-15)8(25-7)9(12)26-30(21,22)28-31(23,24)27-29(18,19)20/h2,5,7-9H,4H2,1H3,(H,21,22)(H,23,24)(H,13,16,17)(H2,18,19,20). The second-order valence-electron chi connectivity index (χ2n) is 6.69. The Morgan fingerprint density at radius 3 is 2.45 bits per heavy atom. The summed E-state index contributed by atoms with van der Waals surface area (Å²) in [5.74, 6) is 1.47. The molecule has 6 atom stereocenters. The molecule has 2 heterocycles. The topological polar surface area (TPSA) is 241 Å². The highest BCUT2D eigenvalue weighted by molar-refractivity contribution is 7.66. The van der Waals surface area contributed by atoms with Crippen LogP contribution in [0.1, 0.15) is 18.2 Å². The van der Waals surface area contributed by atoms with Crippen LogP contribution in [0.4, 0.5) is 0 Å². The Morgan fingerprint density at radius 2 is 1.87 bits per heavy atom. The number of phosphoric acid groups is 3. The number of aromatic amines is 1. The highest BCUT2D eigenvalue weighted by Crippen LogP contribution is 2.71. The summed E-state index contributed by atoms with van der Waals surface area (Å²) in [6, 6.07) is 0. The quantitative estimate of drug-likeness (QED) is 0.216.